The van der Waals surface area contributed by atoms with E-state index in [1.807, 2.05) is 0 Å². The predicted molar refractivity (Wildman–Crippen MR) is 44.7 cm³/mol. The van der Waals surface area contributed by atoms with Crippen LogP contribution in [0.4, 0.5) is 0 Å². The summed E-state index contributed by atoms with van der Waals surface area (Å²) in [6, 6.07) is 0. The van der Waals surface area contributed by atoms with Crippen LogP contribution in [0.5, 0.6) is 0 Å². The minimum Gasteiger partial charge on any atom is -0.478 e. The molecule has 2 rings (SSSR count). The summed E-state index contributed by atoms with van der Waals surface area (Å²) in [5.41, 5.74) is 0.375. The molecule has 5 heteroatoms. The second kappa shape index (κ2) is 2.87. The lowest BCUT2D eigenvalue weighted by atomic mass is 10.1. The Balaban J connectivity index is 2.62. The number of hydrogen-bond acceptors (Lipinski definition) is 3. The second-order valence-corrected chi connectivity index (χ2v) is 3.17. The molecule has 1 aromatic rings. The molecule has 0 saturated carbocycles. The first kappa shape index (κ1) is 8.80. The number of aromatic carboxylic acids is 2. The van der Waals surface area contributed by atoms with Crippen LogP contribution in [0.3, 0.4) is 0 Å². The molecule has 0 aliphatic heterocycles. The number of aryl methyl sites for hydroxylation is 1. The van der Waals surface area contributed by atoms with E-state index in [1.165, 1.54) is 0 Å². The Labute approximate surface area is 79.0 Å². The van der Waals surface area contributed by atoms with Crippen molar-refractivity contribution in [1.29, 1.82) is 0 Å². The Hall–Kier alpha value is -1.78. The third kappa shape index (κ3) is 1.09. The van der Waals surface area contributed by atoms with Crippen molar-refractivity contribution < 1.29 is 24.2 Å². The SMILES string of the molecule is O=C(O)c1oc2c(c1C(=O)O)CCC2. The van der Waals surface area contributed by atoms with E-state index in [2.05, 4.69) is 0 Å². The van der Waals surface area contributed by atoms with Crippen molar-refractivity contribution in [2.24, 2.45) is 0 Å². The first-order valence-corrected chi connectivity index (χ1v) is 4.22. The summed E-state index contributed by atoms with van der Waals surface area (Å²) in [6.07, 6.45) is 2.05. The van der Waals surface area contributed by atoms with Crippen molar-refractivity contribution in [1.82, 2.24) is 0 Å². The number of fused-ring (bicyclic) bond motifs is 1. The number of hydrogen-bond donors (Lipinski definition) is 2. The van der Waals surface area contributed by atoms with E-state index in [0.29, 0.717) is 24.2 Å². The zero-order chi connectivity index (χ0) is 10.3. The number of furan rings is 1. The minimum atomic E-state index is -1.32. The number of rotatable bonds is 2. The fourth-order valence-corrected chi connectivity index (χ4v) is 1.78. The molecular weight excluding hydrogens is 188 g/mol. The van der Waals surface area contributed by atoms with Crippen LogP contribution in [0.15, 0.2) is 4.42 Å². The topological polar surface area (TPSA) is 87.7 Å². The summed E-state index contributed by atoms with van der Waals surface area (Å²) in [4.78, 5) is 21.5. The molecule has 2 N–H and O–H groups in total. The Kier molecular flexibility index (Phi) is 1.80. The van der Waals surface area contributed by atoms with E-state index < -0.39 is 17.7 Å². The van der Waals surface area contributed by atoms with E-state index in [4.69, 9.17) is 14.6 Å². The molecule has 1 aliphatic rings. The lowest BCUT2D eigenvalue weighted by Crippen LogP contribution is -2.06. The van der Waals surface area contributed by atoms with Gasteiger partial charge in [0.15, 0.2) is 0 Å². The van der Waals surface area contributed by atoms with Gasteiger partial charge in [0.05, 0.1) is 0 Å². The largest absolute Gasteiger partial charge is 0.478 e. The highest BCUT2D eigenvalue weighted by Crippen LogP contribution is 2.30. The van der Waals surface area contributed by atoms with Crippen LogP contribution in [-0.4, -0.2) is 22.2 Å². The lowest BCUT2D eigenvalue weighted by molar-refractivity contribution is 0.0623. The summed E-state index contributed by atoms with van der Waals surface area (Å²) in [5, 5.41) is 17.6. The number of carboxylic acid groups (broad SMARTS) is 2. The summed E-state index contributed by atoms with van der Waals surface area (Å²) < 4.78 is 5.00. The standard InChI is InChI=1S/C9H8O5/c10-8(11)6-4-2-1-3-5(4)14-7(6)9(12)13/h1-3H2,(H,10,11)(H,12,13). The molecule has 0 bridgehead atoms. The van der Waals surface area contributed by atoms with Crippen molar-refractivity contribution in [3.63, 3.8) is 0 Å². The summed E-state index contributed by atoms with van der Waals surface area (Å²) >= 11 is 0. The Bertz CT molecular complexity index is 415. The van der Waals surface area contributed by atoms with E-state index in [9.17, 15) is 9.59 Å². The summed E-state index contributed by atoms with van der Waals surface area (Å²) in [6.45, 7) is 0. The summed E-state index contributed by atoms with van der Waals surface area (Å²) in [7, 11) is 0. The fraction of sp³-hybridized carbons (Fsp3) is 0.333. The van der Waals surface area contributed by atoms with E-state index in [-0.39, 0.29) is 5.56 Å². The van der Waals surface area contributed by atoms with Crippen LogP contribution in [0.25, 0.3) is 0 Å². The molecule has 1 aromatic heterocycles. The molecule has 1 aliphatic carbocycles. The smallest absolute Gasteiger partial charge is 0.372 e. The monoisotopic (exact) mass is 196 g/mol. The molecule has 0 spiro atoms. The Morgan fingerprint density at radius 3 is 2.43 bits per heavy atom. The second-order valence-electron chi connectivity index (χ2n) is 3.17. The van der Waals surface area contributed by atoms with Crippen molar-refractivity contribution in [2.45, 2.75) is 19.3 Å². The van der Waals surface area contributed by atoms with Crippen molar-refractivity contribution in [3.8, 4) is 0 Å². The molecule has 1 heterocycles. The molecule has 0 unspecified atom stereocenters. The van der Waals surface area contributed by atoms with Gasteiger partial charge in [-0.1, -0.05) is 0 Å². The van der Waals surface area contributed by atoms with Crippen LogP contribution in [-0.2, 0) is 12.8 Å². The van der Waals surface area contributed by atoms with Crippen LogP contribution in [0.2, 0.25) is 0 Å². The molecule has 74 valence electrons. The quantitative estimate of drug-likeness (QED) is 0.741. The maximum absolute atomic E-state index is 10.8. The molecule has 0 atom stereocenters. The van der Waals surface area contributed by atoms with Gasteiger partial charge in [-0.2, -0.15) is 0 Å². The molecular formula is C9H8O5. The van der Waals surface area contributed by atoms with Gasteiger partial charge in [-0.25, -0.2) is 9.59 Å². The molecule has 0 aromatic carbocycles. The average Bonchev–Trinajstić information content (AvgIpc) is 2.58. The van der Waals surface area contributed by atoms with Crippen LogP contribution >= 0.6 is 0 Å². The van der Waals surface area contributed by atoms with Gasteiger partial charge < -0.3 is 14.6 Å². The van der Waals surface area contributed by atoms with Gasteiger partial charge in [0.25, 0.3) is 0 Å². The van der Waals surface area contributed by atoms with Crippen LogP contribution in [0, 0.1) is 0 Å². The van der Waals surface area contributed by atoms with E-state index >= 15 is 0 Å². The van der Waals surface area contributed by atoms with Gasteiger partial charge in [0, 0.05) is 12.0 Å². The van der Waals surface area contributed by atoms with Crippen LogP contribution < -0.4 is 0 Å². The van der Waals surface area contributed by atoms with Gasteiger partial charge >= 0.3 is 11.9 Å². The predicted octanol–water partition coefficient (Wildman–Crippen LogP) is 1.16. The zero-order valence-electron chi connectivity index (χ0n) is 7.24. The summed E-state index contributed by atoms with van der Waals surface area (Å²) in [5.74, 6) is -2.48. The van der Waals surface area contributed by atoms with Gasteiger partial charge in [-0.15, -0.1) is 0 Å². The van der Waals surface area contributed by atoms with Crippen molar-refractivity contribution >= 4 is 11.9 Å². The lowest BCUT2D eigenvalue weighted by Gasteiger charge is -1.94. The zero-order valence-corrected chi connectivity index (χ0v) is 7.24. The normalized spacial score (nSPS) is 14.0. The van der Waals surface area contributed by atoms with Gasteiger partial charge in [-0.05, 0) is 12.8 Å². The first-order valence-electron chi connectivity index (χ1n) is 4.22. The van der Waals surface area contributed by atoms with Crippen molar-refractivity contribution in [2.75, 3.05) is 0 Å². The Morgan fingerprint density at radius 2 is 1.86 bits per heavy atom. The van der Waals surface area contributed by atoms with E-state index in [0.717, 1.165) is 6.42 Å². The minimum absolute atomic E-state index is 0.176. The van der Waals surface area contributed by atoms with Crippen molar-refractivity contribution in [3.05, 3.63) is 22.6 Å². The van der Waals surface area contributed by atoms with Crippen LogP contribution in [0.1, 0.15) is 38.7 Å². The fourth-order valence-electron chi connectivity index (χ4n) is 1.78. The highest BCUT2D eigenvalue weighted by molar-refractivity contribution is 6.01. The van der Waals surface area contributed by atoms with Gasteiger partial charge in [0.1, 0.15) is 11.3 Å². The maximum Gasteiger partial charge on any atom is 0.372 e. The van der Waals surface area contributed by atoms with E-state index in [1.54, 1.807) is 0 Å². The molecule has 0 fully saturated rings. The highest BCUT2D eigenvalue weighted by Gasteiger charge is 2.31. The third-order valence-corrected chi connectivity index (χ3v) is 2.33. The third-order valence-electron chi connectivity index (χ3n) is 2.33. The Morgan fingerprint density at radius 1 is 1.14 bits per heavy atom. The number of carbonyl (C=O) groups is 2. The molecule has 0 saturated heterocycles. The average molecular weight is 196 g/mol. The number of carboxylic acids is 2. The maximum atomic E-state index is 10.8. The first-order chi connectivity index (χ1) is 6.61. The molecule has 0 amide bonds. The molecule has 14 heavy (non-hydrogen) atoms. The van der Waals surface area contributed by atoms with Gasteiger partial charge in [0.2, 0.25) is 5.76 Å². The highest BCUT2D eigenvalue weighted by atomic mass is 16.4. The van der Waals surface area contributed by atoms with Gasteiger partial charge in [-0.3, -0.25) is 0 Å². The molecule has 0 radical (unpaired) electrons. The molecule has 5 nitrogen and oxygen atoms in total.